The molecule has 5 N–H and O–H groups in total. The van der Waals surface area contributed by atoms with Crippen LogP contribution in [0.3, 0.4) is 0 Å². The molecule has 2 aromatic heterocycles. The summed E-state index contributed by atoms with van der Waals surface area (Å²) < 4.78 is 25.4. The molecule has 1 amide bonds. The molecule has 0 spiro atoms. The van der Waals surface area contributed by atoms with E-state index in [2.05, 4.69) is 27.4 Å². The summed E-state index contributed by atoms with van der Waals surface area (Å²) >= 11 is 0. The van der Waals surface area contributed by atoms with E-state index in [9.17, 15) is 23.4 Å². The Morgan fingerprint density at radius 2 is 2.03 bits per heavy atom. The van der Waals surface area contributed by atoms with Crippen LogP contribution in [0.25, 0.3) is 11.0 Å². The van der Waals surface area contributed by atoms with Gasteiger partial charge in [-0.15, -0.1) is 0 Å². The molecule has 34 heavy (non-hydrogen) atoms. The van der Waals surface area contributed by atoms with Gasteiger partial charge in [-0.25, -0.2) is 19.9 Å². The Labute approximate surface area is 196 Å². The van der Waals surface area contributed by atoms with Crippen molar-refractivity contribution >= 4 is 33.2 Å². The van der Waals surface area contributed by atoms with E-state index < -0.39 is 34.9 Å². The molecule has 0 unspecified atom stereocenters. The minimum atomic E-state index is -4.43. The van der Waals surface area contributed by atoms with Crippen molar-refractivity contribution in [3.8, 4) is 0 Å². The van der Waals surface area contributed by atoms with Crippen molar-refractivity contribution in [1.29, 1.82) is 0 Å². The van der Waals surface area contributed by atoms with Crippen LogP contribution in [0.4, 0.5) is 10.6 Å². The maximum atomic E-state index is 11.6. The predicted octanol–water partition coefficient (Wildman–Crippen LogP) is 2.03. The molecule has 0 radical (unpaired) electrons. The average molecular weight is 487 g/mol. The number of benzene rings is 1. The Kier molecular flexibility index (Phi) is 5.66. The summed E-state index contributed by atoms with van der Waals surface area (Å²) in [5.41, 5.74) is 3.31. The molecular formula is C22H26N6O5S. The van der Waals surface area contributed by atoms with Crippen molar-refractivity contribution in [2.45, 2.75) is 43.9 Å². The number of nitrogens with one attached hydrogen (secondary N) is 1. The molecule has 2 aliphatic rings. The van der Waals surface area contributed by atoms with Gasteiger partial charge in [0.05, 0.1) is 17.5 Å². The van der Waals surface area contributed by atoms with E-state index in [4.69, 9.17) is 5.14 Å². The summed E-state index contributed by atoms with van der Waals surface area (Å²) in [6.45, 7) is -0.395. The Balaban J connectivity index is 1.37. The standard InChI is InChI=1S/C22H26N6O5S/c23-34(32,33)28(22(30)31)11-14-9-15(10-19(14)29)27-8-7-17-20(24-12-25-21(17)27)26-18-6-5-13-3-1-2-4-16(13)18/h1-4,7-8,12,14-15,18-19,29H,5-6,9-11H2,(H,30,31)(H2,23,32,33)(H,24,25,26)/t14-,15+,18-,19-/m0/s1. The number of rotatable bonds is 6. The van der Waals surface area contributed by atoms with Gasteiger partial charge in [0.2, 0.25) is 0 Å². The Morgan fingerprint density at radius 1 is 1.24 bits per heavy atom. The monoisotopic (exact) mass is 486 g/mol. The van der Waals surface area contributed by atoms with Crippen LogP contribution < -0.4 is 10.5 Å². The summed E-state index contributed by atoms with van der Waals surface area (Å²) in [6, 6.07) is 10.3. The summed E-state index contributed by atoms with van der Waals surface area (Å²) in [6.07, 6.45) is 3.55. The molecule has 11 nitrogen and oxygen atoms in total. The lowest BCUT2D eigenvalue weighted by Gasteiger charge is -2.22. The van der Waals surface area contributed by atoms with Gasteiger partial charge in [0.25, 0.3) is 0 Å². The lowest BCUT2D eigenvalue weighted by Crippen LogP contribution is -2.44. The van der Waals surface area contributed by atoms with Crippen molar-refractivity contribution < 1.29 is 23.4 Å². The van der Waals surface area contributed by atoms with Crippen molar-refractivity contribution in [1.82, 2.24) is 18.8 Å². The number of aryl methyl sites for hydroxylation is 1. The van der Waals surface area contributed by atoms with E-state index in [1.54, 1.807) is 0 Å². The predicted molar refractivity (Wildman–Crippen MR) is 124 cm³/mol. The second-order valence-corrected chi connectivity index (χ2v) is 10.4. The minimum Gasteiger partial charge on any atom is -0.464 e. The zero-order chi connectivity index (χ0) is 24.0. The van der Waals surface area contributed by atoms with Gasteiger partial charge in [-0.2, -0.15) is 12.7 Å². The third kappa shape index (κ3) is 4.08. The van der Waals surface area contributed by atoms with Crippen molar-refractivity contribution in [2.75, 3.05) is 11.9 Å². The normalized spacial score (nSPS) is 24.3. The quantitative estimate of drug-likeness (QED) is 0.411. The highest BCUT2D eigenvalue weighted by atomic mass is 32.2. The van der Waals surface area contributed by atoms with Gasteiger partial charge < -0.3 is 20.1 Å². The number of fused-ring (bicyclic) bond motifs is 2. The Bertz CT molecular complexity index is 1340. The lowest BCUT2D eigenvalue weighted by molar-refractivity contribution is 0.114. The fourth-order valence-corrected chi connectivity index (χ4v) is 5.87. The average Bonchev–Trinajstić information content (AvgIpc) is 3.48. The van der Waals surface area contributed by atoms with Crippen LogP contribution in [0.2, 0.25) is 0 Å². The van der Waals surface area contributed by atoms with Crippen LogP contribution >= 0.6 is 0 Å². The number of carboxylic acid groups (broad SMARTS) is 1. The fourth-order valence-electron chi connectivity index (χ4n) is 5.25. The van der Waals surface area contributed by atoms with E-state index in [1.165, 1.54) is 17.5 Å². The number of nitrogens with two attached hydrogens (primary N) is 1. The van der Waals surface area contributed by atoms with Crippen LogP contribution in [-0.2, 0) is 16.6 Å². The van der Waals surface area contributed by atoms with Crippen molar-refractivity contribution in [3.63, 3.8) is 0 Å². The first kappa shape index (κ1) is 22.6. The van der Waals surface area contributed by atoms with Crippen molar-refractivity contribution in [3.05, 3.63) is 54.0 Å². The highest BCUT2D eigenvalue weighted by Crippen LogP contribution is 2.39. The number of amides is 1. The highest BCUT2D eigenvalue weighted by molar-refractivity contribution is 7.87. The van der Waals surface area contributed by atoms with Gasteiger partial charge in [0.15, 0.2) is 0 Å². The largest absolute Gasteiger partial charge is 0.464 e. The molecule has 2 aliphatic carbocycles. The zero-order valence-electron chi connectivity index (χ0n) is 18.3. The number of aromatic nitrogens is 3. The van der Waals surface area contributed by atoms with E-state index in [1.807, 2.05) is 29.0 Å². The molecule has 3 aromatic rings. The molecule has 5 rings (SSSR count). The Morgan fingerprint density at radius 3 is 2.79 bits per heavy atom. The molecule has 4 atom stereocenters. The van der Waals surface area contributed by atoms with Gasteiger partial charge in [-0.3, -0.25) is 0 Å². The van der Waals surface area contributed by atoms with E-state index in [0.717, 1.165) is 24.0 Å². The number of carbonyl (C=O) groups is 1. The molecular weight excluding hydrogens is 460 g/mol. The van der Waals surface area contributed by atoms with Gasteiger partial charge >= 0.3 is 16.3 Å². The molecule has 1 aromatic carbocycles. The maximum Gasteiger partial charge on any atom is 0.422 e. The van der Waals surface area contributed by atoms with Crippen LogP contribution in [-0.4, -0.2) is 56.2 Å². The molecule has 1 fully saturated rings. The topological polar surface area (TPSA) is 164 Å². The van der Waals surface area contributed by atoms with Crippen LogP contribution in [0.5, 0.6) is 0 Å². The third-order valence-electron chi connectivity index (χ3n) is 6.90. The summed E-state index contributed by atoms with van der Waals surface area (Å²) in [4.78, 5) is 20.3. The lowest BCUT2D eigenvalue weighted by atomic mass is 10.1. The van der Waals surface area contributed by atoms with Gasteiger partial charge in [-0.05, 0) is 42.9 Å². The first-order valence-electron chi connectivity index (χ1n) is 11.1. The first-order valence-corrected chi connectivity index (χ1v) is 12.6. The third-order valence-corrected chi connectivity index (χ3v) is 7.82. The van der Waals surface area contributed by atoms with E-state index in [0.29, 0.717) is 18.5 Å². The molecule has 0 bridgehead atoms. The number of anilines is 1. The summed E-state index contributed by atoms with van der Waals surface area (Å²) in [5, 5.41) is 29.2. The molecule has 12 heteroatoms. The van der Waals surface area contributed by atoms with Crippen LogP contribution in [0.15, 0.2) is 42.9 Å². The summed E-state index contributed by atoms with van der Waals surface area (Å²) in [7, 11) is -4.43. The van der Waals surface area contributed by atoms with Gasteiger partial charge in [-0.1, -0.05) is 24.3 Å². The van der Waals surface area contributed by atoms with Gasteiger partial charge in [0, 0.05) is 24.7 Å². The highest BCUT2D eigenvalue weighted by Gasteiger charge is 2.38. The van der Waals surface area contributed by atoms with E-state index in [-0.39, 0.29) is 16.4 Å². The molecule has 1 saturated carbocycles. The first-order chi connectivity index (χ1) is 16.2. The fraction of sp³-hybridized carbons (Fsp3) is 0.409. The van der Waals surface area contributed by atoms with Crippen molar-refractivity contribution in [2.24, 2.45) is 11.1 Å². The second-order valence-electron chi connectivity index (χ2n) is 8.93. The van der Waals surface area contributed by atoms with Crippen LogP contribution in [0, 0.1) is 5.92 Å². The molecule has 2 heterocycles. The number of hydrogen-bond acceptors (Lipinski definition) is 7. The maximum absolute atomic E-state index is 11.6. The summed E-state index contributed by atoms with van der Waals surface area (Å²) in [5.74, 6) is 0.151. The minimum absolute atomic E-state index is 0.163. The molecule has 0 aliphatic heterocycles. The van der Waals surface area contributed by atoms with E-state index >= 15 is 0 Å². The molecule has 180 valence electrons. The number of hydrogen-bond donors (Lipinski definition) is 4. The number of aliphatic hydroxyl groups excluding tert-OH is 1. The number of aliphatic hydroxyl groups is 1. The van der Waals surface area contributed by atoms with Gasteiger partial charge in [0.1, 0.15) is 17.8 Å². The SMILES string of the molecule is NS(=O)(=O)N(C[C@@H]1C[C@@H](n2ccc3c(N[C@H]4CCc5ccccc54)ncnc32)C[C@@H]1O)C(=O)O. The number of nitrogens with zero attached hydrogens (tertiary/aromatic N) is 4. The smallest absolute Gasteiger partial charge is 0.422 e. The zero-order valence-corrected chi connectivity index (χ0v) is 19.1. The molecule has 0 saturated heterocycles. The Hall–Kier alpha value is -3.22. The second kappa shape index (κ2) is 8.53. The van der Waals surface area contributed by atoms with Crippen LogP contribution in [0.1, 0.15) is 42.5 Å².